The third kappa shape index (κ3) is 5.24. The summed E-state index contributed by atoms with van der Waals surface area (Å²) >= 11 is 3.15. The van der Waals surface area contributed by atoms with E-state index in [1.54, 1.807) is 11.3 Å². The first-order valence-electron chi connectivity index (χ1n) is 12.3. The minimum atomic E-state index is -0.0361. The lowest BCUT2D eigenvalue weighted by molar-refractivity contribution is -0.118. The predicted molar refractivity (Wildman–Crippen MR) is 141 cm³/mol. The lowest BCUT2D eigenvalue weighted by Crippen LogP contribution is -2.42. The number of likely N-dealkylation sites (tertiary alicyclic amines) is 1. The van der Waals surface area contributed by atoms with Gasteiger partial charge in [0.1, 0.15) is 10.7 Å². The summed E-state index contributed by atoms with van der Waals surface area (Å²) in [6, 6.07) is 10.7. The van der Waals surface area contributed by atoms with Gasteiger partial charge in [-0.25, -0.2) is 4.98 Å². The molecule has 8 heteroatoms. The van der Waals surface area contributed by atoms with Gasteiger partial charge < -0.3 is 10.3 Å². The Hall–Kier alpha value is -2.16. The van der Waals surface area contributed by atoms with E-state index in [0.717, 1.165) is 48.5 Å². The summed E-state index contributed by atoms with van der Waals surface area (Å²) in [4.78, 5) is 37.5. The van der Waals surface area contributed by atoms with Gasteiger partial charge in [-0.3, -0.25) is 14.5 Å². The van der Waals surface area contributed by atoms with E-state index < -0.39 is 0 Å². The molecule has 1 unspecified atom stereocenters. The van der Waals surface area contributed by atoms with Crippen molar-refractivity contribution in [2.45, 2.75) is 50.8 Å². The average Bonchev–Trinajstić information content (AvgIpc) is 3.42. The monoisotopic (exact) mass is 496 g/mol. The molecule has 1 atom stereocenters. The number of H-pyrrole nitrogens is 1. The molecular formula is C26H32N4O2S2. The first-order chi connectivity index (χ1) is 16.6. The van der Waals surface area contributed by atoms with Crippen molar-refractivity contribution in [1.82, 2.24) is 20.2 Å². The molecule has 1 aliphatic heterocycles. The van der Waals surface area contributed by atoms with Crippen LogP contribution in [0.25, 0.3) is 10.2 Å². The Balaban J connectivity index is 1.16. The third-order valence-electron chi connectivity index (χ3n) is 7.03. The number of hydrogen-bond acceptors (Lipinski definition) is 6. The number of carbonyl (C=O) groups is 1. The SMILES string of the molecule is CC1CCN(C(CNC(=O)CSCc2nc3sc4c(c3c(=O)[nH]2)CCC4)c2ccccc2)CC1. The molecule has 1 fully saturated rings. The molecule has 0 bridgehead atoms. The molecule has 0 spiro atoms. The molecule has 34 heavy (non-hydrogen) atoms. The van der Waals surface area contributed by atoms with E-state index in [4.69, 9.17) is 0 Å². The summed E-state index contributed by atoms with van der Waals surface area (Å²) in [7, 11) is 0. The number of thiophene rings is 1. The van der Waals surface area contributed by atoms with Gasteiger partial charge in [0.15, 0.2) is 0 Å². The Kier molecular flexibility index (Phi) is 7.37. The van der Waals surface area contributed by atoms with E-state index in [9.17, 15) is 9.59 Å². The van der Waals surface area contributed by atoms with Crippen LogP contribution in [0.15, 0.2) is 35.1 Å². The number of nitrogens with zero attached hydrogens (tertiary/aromatic N) is 2. The van der Waals surface area contributed by atoms with Gasteiger partial charge >= 0.3 is 0 Å². The fraction of sp³-hybridized carbons (Fsp3) is 0.500. The van der Waals surface area contributed by atoms with Gasteiger partial charge in [0.05, 0.1) is 22.9 Å². The van der Waals surface area contributed by atoms with Gasteiger partial charge in [0.2, 0.25) is 5.91 Å². The molecule has 1 aromatic carbocycles. The van der Waals surface area contributed by atoms with E-state index in [1.165, 1.54) is 40.6 Å². The van der Waals surface area contributed by atoms with E-state index in [2.05, 4.69) is 51.4 Å². The van der Waals surface area contributed by atoms with Crippen LogP contribution in [0.4, 0.5) is 0 Å². The maximum absolute atomic E-state index is 12.6. The zero-order chi connectivity index (χ0) is 23.5. The van der Waals surface area contributed by atoms with Crippen molar-refractivity contribution in [3.63, 3.8) is 0 Å². The second kappa shape index (κ2) is 10.6. The van der Waals surface area contributed by atoms with Gasteiger partial charge in [-0.15, -0.1) is 23.1 Å². The fourth-order valence-electron chi connectivity index (χ4n) is 5.09. The lowest BCUT2D eigenvalue weighted by Gasteiger charge is -2.37. The van der Waals surface area contributed by atoms with Gasteiger partial charge in [0.25, 0.3) is 5.56 Å². The number of amides is 1. The largest absolute Gasteiger partial charge is 0.353 e. The summed E-state index contributed by atoms with van der Waals surface area (Å²) in [5, 5.41) is 3.93. The second-order valence-corrected chi connectivity index (χ2v) is 11.6. The lowest BCUT2D eigenvalue weighted by atomic mass is 9.95. The molecule has 1 aliphatic carbocycles. The van der Waals surface area contributed by atoms with Gasteiger partial charge in [-0.05, 0) is 62.2 Å². The molecule has 5 rings (SSSR count). The molecule has 0 radical (unpaired) electrons. The number of thioether (sulfide) groups is 1. The number of rotatable bonds is 8. The summed E-state index contributed by atoms with van der Waals surface area (Å²) in [5.74, 6) is 2.32. The van der Waals surface area contributed by atoms with Crippen LogP contribution in [-0.2, 0) is 23.4 Å². The highest BCUT2D eigenvalue weighted by atomic mass is 32.2. The Labute approximate surface area is 208 Å². The van der Waals surface area contributed by atoms with Crippen LogP contribution < -0.4 is 10.9 Å². The number of aromatic nitrogens is 2. The summed E-state index contributed by atoms with van der Waals surface area (Å²) < 4.78 is 0. The average molecular weight is 497 g/mol. The third-order valence-corrected chi connectivity index (χ3v) is 9.16. The van der Waals surface area contributed by atoms with Crippen molar-refractivity contribution in [3.05, 3.63) is 62.5 Å². The van der Waals surface area contributed by atoms with Crippen LogP contribution in [-0.4, -0.2) is 46.2 Å². The Morgan fingerprint density at radius 3 is 2.85 bits per heavy atom. The zero-order valence-corrected chi connectivity index (χ0v) is 21.3. The maximum Gasteiger partial charge on any atom is 0.259 e. The number of carbonyl (C=O) groups excluding carboxylic acids is 1. The number of fused-ring (bicyclic) bond motifs is 3. The van der Waals surface area contributed by atoms with Crippen molar-refractivity contribution in [2.24, 2.45) is 5.92 Å². The second-order valence-electron chi connectivity index (χ2n) is 9.49. The molecular weight excluding hydrogens is 464 g/mol. The highest BCUT2D eigenvalue weighted by Gasteiger charge is 2.25. The number of aryl methyl sites for hydroxylation is 2. The van der Waals surface area contributed by atoms with Crippen LogP contribution in [0.3, 0.4) is 0 Å². The van der Waals surface area contributed by atoms with E-state index in [-0.39, 0.29) is 17.5 Å². The molecule has 6 nitrogen and oxygen atoms in total. The van der Waals surface area contributed by atoms with Crippen molar-refractivity contribution >= 4 is 39.2 Å². The highest BCUT2D eigenvalue weighted by molar-refractivity contribution is 7.99. The normalized spacial score (nSPS) is 17.7. The first kappa shape index (κ1) is 23.6. The minimum Gasteiger partial charge on any atom is -0.353 e. The van der Waals surface area contributed by atoms with Gasteiger partial charge in [-0.1, -0.05) is 37.3 Å². The predicted octanol–water partition coefficient (Wildman–Crippen LogP) is 4.30. The zero-order valence-electron chi connectivity index (χ0n) is 19.6. The number of benzene rings is 1. The van der Waals surface area contributed by atoms with Crippen LogP contribution in [0.1, 0.15) is 54.1 Å². The first-order valence-corrected chi connectivity index (χ1v) is 14.2. The van der Waals surface area contributed by atoms with Crippen molar-refractivity contribution in [2.75, 3.05) is 25.4 Å². The summed E-state index contributed by atoms with van der Waals surface area (Å²) in [5.41, 5.74) is 2.41. The fourth-order valence-corrected chi connectivity index (χ4v) is 7.09. The van der Waals surface area contributed by atoms with Crippen molar-refractivity contribution in [1.29, 1.82) is 0 Å². The summed E-state index contributed by atoms with van der Waals surface area (Å²) in [6.07, 6.45) is 5.58. The molecule has 1 amide bonds. The standard InChI is InChI=1S/C26H32N4O2S2/c1-17-10-12-30(13-11-17)20(18-6-3-2-4-7-18)14-27-23(31)16-33-15-22-28-25(32)24-19-8-5-9-21(19)34-26(24)29-22/h2-4,6-7,17,20H,5,8-16H2,1H3,(H,27,31)(H,28,29,32). The van der Waals surface area contributed by atoms with Crippen LogP contribution >= 0.6 is 23.1 Å². The van der Waals surface area contributed by atoms with Crippen molar-refractivity contribution in [3.8, 4) is 0 Å². The summed E-state index contributed by atoms with van der Waals surface area (Å²) in [6.45, 7) is 5.07. The minimum absolute atomic E-state index is 0.0230. The molecule has 0 saturated carbocycles. The van der Waals surface area contributed by atoms with Crippen molar-refractivity contribution < 1.29 is 4.79 Å². The smallest absolute Gasteiger partial charge is 0.259 e. The number of piperidine rings is 1. The Morgan fingerprint density at radius 2 is 2.06 bits per heavy atom. The Bertz CT molecular complexity index is 1200. The molecule has 3 aromatic rings. The molecule has 180 valence electrons. The Morgan fingerprint density at radius 1 is 1.26 bits per heavy atom. The molecule has 1 saturated heterocycles. The quantitative estimate of drug-likeness (QED) is 0.486. The highest BCUT2D eigenvalue weighted by Crippen LogP contribution is 2.34. The van der Waals surface area contributed by atoms with Gasteiger partial charge in [-0.2, -0.15) is 0 Å². The molecule has 2 aromatic heterocycles. The molecule has 3 heterocycles. The van der Waals surface area contributed by atoms with E-state index in [0.29, 0.717) is 23.9 Å². The van der Waals surface area contributed by atoms with Crippen LogP contribution in [0.2, 0.25) is 0 Å². The maximum atomic E-state index is 12.6. The van der Waals surface area contributed by atoms with Crippen LogP contribution in [0, 0.1) is 5.92 Å². The topological polar surface area (TPSA) is 78.1 Å². The van der Waals surface area contributed by atoms with E-state index >= 15 is 0 Å². The number of aromatic amines is 1. The van der Waals surface area contributed by atoms with E-state index in [1.807, 2.05) is 6.07 Å². The van der Waals surface area contributed by atoms with Crippen LogP contribution in [0.5, 0.6) is 0 Å². The molecule has 2 aliphatic rings. The number of hydrogen-bond donors (Lipinski definition) is 2. The molecule has 2 N–H and O–H groups in total. The van der Waals surface area contributed by atoms with Gasteiger partial charge in [0, 0.05) is 11.4 Å². The number of nitrogens with one attached hydrogen (secondary N) is 2.